The minimum absolute atomic E-state index is 0.0382. The van der Waals surface area contributed by atoms with Gasteiger partial charge in [-0.1, -0.05) is 0 Å². The zero-order chi connectivity index (χ0) is 21.3. The highest BCUT2D eigenvalue weighted by Crippen LogP contribution is 2.30. The van der Waals surface area contributed by atoms with Crippen molar-refractivity contribution in [3.8, 4) is 5.69 Å². The molecule has 1 atom stereocenters. The molecule has 10 heteroatoms. The molecule has 1 unspecified atom stereocenters. The standard InChI is InChI=1S/C20H23N7O3/c1-13(28)23-17-9-21-24-19(17)14-4-3-7-26(10-14)20(30)15-5-6-18(29)27(11-15)16-8-22-25(2)12-16/h5-6,8-9,11-12,14H,3-4,7,10H2,1-2H3,(H,21,24)(H,23,28). The molecule has 156 valence electrons. The minimum atomic E-state index is -0.228. The van der Waals surface area contributed by atoms with Crippen LogP contribution in [0, 0.1) is 0 Å². The highest BCUT2D eigenvalue weighted by molar-refractivity contribution is 5.94. The van der Waals surface area contributed by atoms with Crippen molar-refractivity contribution in [1.82, 2.24) is 29.4 Å². The van der Waals surface area contributed by atoms with Gasteiger partial charge in [0.15, 0.2) is 0 Å². The number of amides is 2. The average Bonchev–Trinajstić information content (AvgIpc) is 3.36. The van der Waals surface area contributed by atoms with E-state index in [0.717, 1.165) is 18.5 Å². The number of nitrogens with one attached hydrogen (secondary N) is 2. The monoisotopic (exact) mass is 409 g/mol. The Bertz CT molecular complexity index is 1140. The third-order valence-corrected chi connectivity index (χ3v) is 5.22. The van der Waals surface area contributed by atoms with Crippen LogP contribution in [0.15, 0.2) is 41.7 Å². The first-order valence-electron chi connectivity index (χ1n) is 9.74. The van der Waals surface area contributed by atoms with Gasteiger partial charge in [-0.25, -0.2) is 0 Å². The molecule has 2 amide bonds. The van der Waals surface area contributed by atoms with Crippen molar-refractivity contribution in [1.29, 1.82) is 0 Å². The van der Waals surface area contributed by atoms with Crippen LogP contribution in [0.1, 0.15) is 41.7 Å². The fourth-order valence-electron chi connectivity index (χ4n) is 3.82. The topological polar surface area (TPSA) is 118 Å². The van der Waals surface area contributed by atoms with Gasteiger partial charge >= 0.3 is 0 Å². The summed E-state index contributed by atoms with van der Waals surface area (Å²) in [5, 5.41) is 13.9. The summed E-state index contributed by atoms with van der Waals surface area (Å²) >= 11 is 0. The third-order valence-electron chi connectivity index (χ3n) is 5.22. The van der Waals surface area contributed by atoms with Crippen LogP contribution in [0.2, 0.25) is 0 Å². The number of aromatic amines is 1. The summed E-state index contributed by atoms with van der Waals surface area (Å²) in [5.41, 5.74) is 2.28. The number of anilines is 1. The molecule has 1 aliphatic heterocycles. The average molecular weight is 409 g/mol. The molecule has 0 spiro atoms. The van der Waals surface area contributed by atoms with Crippen molar-refractivity contribution in [2.75, 3.05) is 18.4 Å². The summed E-state index contributed by atoms with van der Waals surface area (Å²) < 4.78 is 3.02. The molecule has 3 aromatic rings. The number of carbonyl (C=O) groups excluding carboxylic acids is 2. The zero-order valence-electron chi connectivity index (χ0n) is 16.8. The molecule has 4 heterocycles. The molecule has 0 aliphatic carbocycles. The van der Waals surface area contributed by atoms with E-state index in [1.807, 2.05) is 0 Å². The predicted octanol–water partition coefficient (Wildman–Crippen LogP) is 1.27. The highest BCUT2D eigenvalue weighted by atomic mass is 16.2. The Balaban J connectivity index is 1.56. The first-order valence-corrected chi connectivity index (χ1v) is 9.74. The Morgan fingerprint density at radius 3 is 2.80 bits per heavy atom. The van der Waals surface area contributed by atoms with Gasteiger partial charge in [0.2, 0.25) is 5.91 Å². The molecule has 0 radical (unpaired) electrons. The van der Waals surface area contributed by atoms with Crippen LogP contribution >= 0.6 is 0 Å². The van der Waals surface area contributed by atoms with E-state index in [0.29, 0.717) is 30.0 Å². The van der Waals surface area contributed by atoms with Crippen LogP contribution in [-0.4, -0.2) is 54.3 Å². The van der Waals surface area contributed by atoms with Gasteiger partial charge in [-0.2, -0.15) is 10.2 Å². The minimum Gasteiger partial charge on any atom is -0.338 e. The molecular weight excluding hydrogens is 386 g/mol. The zero-order valence-corrected chi connectivity index (χ0v) is 16.8. The van der Waals surface area contributed by atoms with Crippen LogP contribution in [-0.2, 0) is 11.8 Å². The number of nitrogens with zero attached hydrogens (tertiary/aromatic N) is 5. The van der Waals surface area contributed by atoms with Crippen LogP contribution in [0.5, 0.6) is 0 Å². The predicted molar refractivity (Wildman–Crippen MR) is 110 cm³/mol. The number of likely N-dealkylation sites (tertiary alicyclic amines) is 1. The summed E-state index contributed by atoms with van der Waals surface area (Å²) in [6.45, 7) is 2.58. The molecule has 1 saturated heterocycles. The van der Waals surface area contributed by atoms with Crippen LogP contribution < -0.4 is 10.9 Å². The lowest BCUT2D eigenvalue weighted by molar-refractivity contribution is -0.114. The number of piperidine rings is 1. The molecule has 30 heavy (non-hydrogen) atoms. The fourth-order valence-corrected chi connectivity index (χ4v) is 3.82. The number of H-pyrrole nitrogens is 1. The summed E-state index contributed by atoms with van der Waals surface area (Å²) in [6, 6.07) is 2.95. The smallest absolute Gasteiger partial charge is 0.255 e. The van der Waals surface area contributed by atoms with E-state index < -0.39 is 0 Å². The third kappa shape index (κ3) is 3.88. The molecule has 0 bridgehead atoms. The number of aryl methyl sites for hydroxylation is 1. The molecule has 0 aromatic carbocycles. The van der Waals surface area contributed by atoms with Gasteiger partial charge in [0.25, 0.3) is 11.5 Å². The van der Waals surface area contributed by atoms with Crippen LogP contribution in [0.3, 0.4) is 0 Å². The van der Waals surface area contributed by atoms with E-state index in [2.05, 4.69) is 20.6 Å². The van der Waals surface area contributed by atoms with Crippen molar-refractivity contribution in [2.45, 2.75) is 25.7 Å². The van der Waals surface area contributed by atoms with Crippen LogP contribution in [0.25, 0.3) is 5.69 Å². The second kappa shape index (κ2) is 7.97. The van der Waals surface area contributed by atoms with E-state index in [1.54, 1.807) is 47.5 Å². The molecule has 1 aliphatic rings. The van der Waals surface area contributed by atoms with E-state index in [9.17, 15) is 14.4 Å². The van der Waals surface area contributed by atoms with Gasteiger partial charge in [-0.05, 0) is 18.9 Å². The van der Waals surface area contributed by atoms with Gasteiger partial charge in [0, 0.05) is 51.4 Å². The van der Waals surface area contributed by atoms with Crippen molar-refractivity contribution >= 4 is 17.5 Å². The first kappa shape index (κ1) is 19.6. The molecule has 4 rings (SSSR count). The van der Waals surface area contributed by atoms with E-state index in [1.165, 1.54) is 17.6 Å². The Morgan fingerprint density at radius 2 is 2.07 bits per heavy atom. The Labute approximate surface area is 172 Å². The first-order chi connectivity index (χ1) is 14.4. The molecular formula is C20H23N7O3. The van der Waals surface area contributed by atoms with Crippen molar-refractivity contribution in [2.24, 2.45) is 7.05 Å². The van der Waals surface area contributed by atoms with Gasteiger partial charge in [-0.3, -0.25) is 28.7 Å². The normalized spacial score (nSPS) is 16.5. The maximum atomic E-state index is 13.2. The maximum Gasteiger partial charge on any atom is 0.255 e. The number of hydrogen-bond donors (Lipinski definition) is 2. The van der Waals surface area contributed by atoms with Crippen molar-refractivity contribution in [3.63, 3.8) is 0 Å². The van der Waals surface area contributed by atoms with Crippen molar-refractivity contribution < 1.29 is 9.59 Å². The van der Waals surface area contributed by atoms with Gasteiger partial charge in [0.05, 0.1) is 35.0 Å². The summed E-state index contributed by atoms with van der Waals surface area (Å²) in [7, 11) is 1.77. The van der Waals surface area contributed by atoms with Crippen molar-refractivity contribution in [3.05, 3.63) is 58.5 Å². The van der Waals surface area contributed by atoms with E-state index >= 15 is 0 Å². The summed E-state index contributed by atoms with van der Waals surface area (Å²) in [6.07, 6.45) is 8.15. The lowest BCUT2D eigenvalue weighted by Crippen LogP contribution is -2.39. The number of aromatic nitrogens is 5. The van der Waals surface area contributed by atoms with E-state index in [4.69, 9.17) is 0 Å². The second-order valence-electron chi connectivity index (χ2n) is 7.47. The quantitative estimate of drug-likeness (QED) is 0.673. The molecule has 0 saturated carbocycles. The second-order valence-corrected chi connectivity index (χ2v) is 7.47. The van der Waals surface area contributed by atoms with E-state index in [-0.39, 0.29) is 23.3 Å². The van der Waals surface area contributed by atoms with Gasteiger partial charge < -0.3 is 10.2 Å². The summed E-state index contributed by atoms with van der Waals surface area (Å²) in [4.78, 5) is 38.6. The van der Waals surface area contributed by atoms with Crippen LogP contribution in [0.4, 0.5) is 5.69 Å². The Hall–Kier alpha value is -3.69. The highest BCUT2D eigenvalue weighted by Gasteiger charge is 2.28. The molecule has 2 N–H and O–H groups in total. The van der Waals surface area contributed by atoms with Gasteiger partial charge in [0.1, 0.15) is 0 Å². The van der Waals surface area contributed by atoms with Gasteiger partial charge in [-0.15, -0.1) is 0 Å². The maximum absolute atomic E-state index is 13.2. The lowest BCUT2D eigenvalue weighted by Gasteiger charge is -2.32. The molecule has 10 nitrogen and oxygen atoms in total. The lowest BCUT2D eigenvalue weighted by atomic mass is 9.93. The number of rotatable bonds is 4. The Kier molecular flexibility index (Phi) is 5.21. The number of carbonyl (C=O) groups is 2. The molecule has 1 fully saturated rings. The largest absolute Gasteiger partial charge is 0.338 e. The number of hydrogen-bond acceptors (Lipinski definition) is 5. The Morgan fingerprint density at radius 1 is 1.23 bits per heavy atom. The SMILES string of the molecule is CC(=O)Nc1cn[nH]c1C1CCCN(C(=O)c2ccc(=O)n(-c3cnn(C)c3)c2)C1. The summed E-state index contributed by atoms with van der Waals surface area (Å²) in [5.74, 6) is -0.270. The number of pyridine rings is 1. The fraction of sp³-hybridized carbons (Fsp3) is 0.350. The molecule has 3 aromatic heterocycles.